The Labute approximate surface area is 237 Å². The van der Waals surface area contributed by atoms with Gasteiger partial charge in [-0.1, -0.05) is 36.2 Å². The van der Waals surface area contributed by atoms with Crippen molar-refractivity contribution in [1.29, 1.82) is 0 Å². The fraction of sp³-hybridized carbons (Fsp3) is 0.483. The minimum atomic E-state index is -1.27. The van der Waals surface area contributed by atoms with Crippen LogP contribution in [0.15, 0.2) is 42.5 Å². The number of Topliss-reactive ketones (excluding diaryl/α,β-unsaturated/α-hetero) is 1. The number of carbonyl (C=O) groups excluding carboxylic acids is 3. The van der Waals surface area contributed by atoms with Gasteiger partial charge in [-0.05, 0) is 67.6 Å². The molecule has 10 heteroatoms. The van der Waals surface area contributed by atoms with E-state index in [4.69, 9.17) is 27.9 Å². The second-order valence-corrected chi connectivity index (χ2v) is 12.0. The van der Waals surface area contributed by atoms with Crippen molar-refractivity contribution in [3.63, 3.8) is 0 Å². The van der Waals surface area contributed by atoms with E-state index < -0.39 is 23.4 Å². The van der Waals surface area contributed by atoms with Crippen molar-refractivity contribution < 1.29 is 23.5 Å². The zero-order valence-corrected chi connectivity index (χ0v) is 23.5. The summed E-state index contributed by atoms with van der Waals surface area (Å²) in [6.07, 6.45) is 2.14. The molecule has 1 aliphatic carbocycles. The Bertz CT molecular complexity index is 1280. The molecule has 2 saturated heterocycles. The quantitative estimate of drug-likeness (QED) is 0.506. The summed E-state index contributed by atoms with van der Waals surface area (Å²) in [5.41, 5.74) is -0.747. The monoisotopic (exact) mass is 575 g/mol. The van der Waals surface area contributed by atoms with Gasteiger partial charge < -0.3 is 15.0 Å². The van der Waals surface area contributed by atoms with Gasteiger partial charge in [0.05, 0.1) is 10.0 Å². The zero-order valence-electron chi connectivity index (χ0n) is 22.0. The molecule has 208 valence electrons. The second-order valence-electron chi connectivity index (χ2n) is 11.2. The minimum absolute atomic E-state index is 0.0770. The van der Waals surface area contributed by atoms with Crippen LogP contribution in [0.2, 0.25) is 10.0 Å². The van der Waals surface area contributed by atoms with E-state index in [9.17, 15) is 18.8 Å². The molecular formula is C29H32Cl2FN3O4. The molecule has 2 amide bonds. The van der Waals surface area contributed by atoms with Gasteiger partial charge in [0.25, 0.3) is 0 Å². The number of halogens is 3. The van der Waals surface area contributed by atoms with Gasteiger partial charge in [-0.15, -0.1) is 0 Å². The Morgan fingerprint density at radius 2 is 1.72 bits per heavy atom. The molecule has 0 unspecified atom stereocenters. The molecule has 1 N–H and O–H groups in total. The fourth-order valence-corrected chi connectivity index (χ4v) is 6.22. The van der Waals surface area contributed by atoms with Gasteiger partial charge >= 0.3 is 6.09 Å². The lowest BCUT2D eigenvalue weighted by Gasteiger charge is -2.44. The maximum atomic E-state index is 14.5. The number of ether oxygens (including phenoxy) is 1. The highest BCUT2D eigenvalue weighted by Gasteiger charge is 2.57. The molecule has 2 aliphatic heterocycles. The zero-order chi connectivity index (χ0) is 27.9. The molecule has 5 rings (SSSR count). The van der Waals surface area contributed by atoms with Crippen molar-refractivity contribution in [3.8, 4) is 5.75 Å². The van der Waals surface area contributed by atoms with Crippen LogP contribution in [0.25, 0.3) is 0 Å². The maximum absolute atomic E-state index is 14.5. The Balaban J connectivity index is 1.43. The van der Waals surface area contributed by atoms with E-state index >= 15 is 0 Å². The van der Waals surface area contributed by atoms with Crippen molar-refractivity contribution >= 4 is 41.0 Å². The summed E-state index contributed by atoms with van der Waals surface area (Å²) in [4.78, 5) is 44.1. The first-order valence-electron chi connectivity index (χ1n) is 13.3. The van der Waals surface area contributed by atoms with E-state index in [0.717, 1.165) is 18.4 Å². The van der Waals surface area contributed by atoms with Crippen molar-refractivity contribution in [2.45, 2.75) is 44.1 Å². The third-order valence-electron chi connectivity index (χ3n) is 8.65. The van der Waals surface area contributed by atoms with Crippen LogP contribution in [0.4, 0.5) is 9.18 Å². The molecule has 0 aromatic heterocycles. The SMILES string of the molecule is CN(C(=O)Oc1ccc(F)cc1)[C@@]1(C(=O)C2CCN(C(=O)C3(C)CC3)CC2)CNC[C@@H]1c1ccc(Cl)c(Cl)c1. The largest absolute Gasteiger partial charge is 0.415 e. The van der Waals surface area contributed by atoms with Crippen LogP contribution >= 0.6 is 23.2 Å². The third kappa shape index (κ3) is 5.26. The van der Waals surface area contributed by atoms with E-state index in [1.807, 2.05) is 17.9 Å². The molecule has 2 heterocycles. The highest BCUT2D eigenvalue weighted by molar-refractivity contribution is 6.42. The van der Waals surface area contributed by atoms with Gasteiger partial charge in [-0.2, -0.15) is 0 Å². The second kappa shape index (κ2) is 10.7. The smallest absolute Gasteiger partial charge is 0.410 e. The fourth-order valence-electron chi connectivity index (χ4n) is 5.91. The van der Waals surface area contributed by atoms with E-state index in [0.29, 0.717) is 42.5 Å². The summed E-state index contributed by atoms with van der Waals surface area (Å²) in [5, 5.41) is 4.08. The molecule has 39 heavy (non-hydrogen) atoms. The van der Waals surface area contributed by atoms with Crippen molar-refractivity contribution in [1.82, 2.24) is 15.1 Å². The summed E-state index contributed by atoms with van der Waals surface area (Å²) < 4.78 is 19.0. The normalized spacial score (nSPS) is 24.3. The van der Waals surface area contributed by atoms with Gasteiger partial charge in [0.15, 0.2) is 5.78 Å². The van der Waals surface area contributed by atoms with Crippen LogP contribution in [0.1, 0.15) is 44.1 Å². The maximum Gasteiger partial charge on any atom is 0.415 e. The first kappa shape index (κ1) is 27.9. The highest BCUT2D eigenvalue weighted by Crippen LogP contribution is 2.47. The van der Waals surface area contributed by atoms with Crippen molar-refractivity contribution in [3.05, 3.63) is 63.9 Å². The van der Waals surface area contributed by atoms with Crippen LogP contribution in [0.5, 0.6) is 5.75 Å². The number of hydrogen-bond acceptors (Lipinski definition) is 5. The predicted octanol–water partition coefficient (Wildman–Crippen LogP) is 5.30. The minimum Gasteiger partial charge on any atom is -0.410 e. The number of benzene rings is 2. The summed E-state index contributed by atoms with van der Waals surface area (Å²) in [6.45, 7) is 3.68. The van der Waals surface area contributed by atoms with Gasteiger partial charge in [0.1, 0.15) is 17.1 Å². The number of hydrogen-bond donors (Lipinski definition) is 1. The molecule has 3 aliphatic rings. The van der Waals surface area contributed by atoms with Crippen LogP contribution in [-0.2, 0) is 9.59 Å². The van der Waals surface area contributed by atoms with Gasteiger partial charge in [-0.25, -0.2) is 9.18 Å². The van der Waals surface area contributed by atoms with E-state index in [1.54, 1.807) is 19.2 Å². The molecule has 2 aromatic carbocycles. The topological polar surface area (TPSA) is 79.0 Å². The number of amides is 2. The Hall–Kier alpha value is -2.68. The number of nitrogens with zero attached hydrogens (tertiary/aromatic N) is 2. The van der Waals surface area contributed by atoms with Crippen LogP contribution in [0.3, 0.4) is 0 Å². The Morgan fingerprint density at radius 3 is 2.33 bits per heavy atom. The lowest BCUT2D eigenvalue weighted by Crippen LogP contribution is -2.62. The molecule has 1 saturated carbocycles. The summed E-state index contributed by atoms with van der Waals surface area (Å²) in [6, 6.07) is 10.4. The number of ketones is 1. The number of likely N-dealkylation sites (tertiary alicyclic amines) is 1. The van der Waals surface area contributed by atoms with Crippen LogP contribution < -0.4 is 10.1 Å². The van der Waals surface area contributed by atoms with Crippen molar-refractivity contribution in [2.24, 2.45) is 11.3 Å². The lowest BCUT2D eigenvalue weighted by atomic mass is 9.72. The van der Waals surface area contributed by atoms with Gasteiger partial charge in [-0.3, -0.25) is 14.5 Å². The molecule has 0 radical (unpaired) electrons. The lowest BCUT2D eigenvalue weighted by molar-refractivity contribution is -0.142. The summed E-state index contributed by atoms with van der Waals surface area (Å²) in [5.74, 6) is -0.947. The van der Waals surface area contributed by atoms with Crippen LogP contribution in [-0.4, -0.2) is 66.3 Å². The molecule has 7 nitrogen and oxygen atoms in total. The van der Waals surface area contributed by atoms with Gasteiger partial charge in [0, 0.05) is 50.5 Å². The number of nitrogens with one attached hydrogen (secondary N) is 1. The summed E-state index contributed by atoms with van der Waals surface area (Å²) in [7, 11) is 1.56. The van der Waals surface area contributed by atoms with E-state index in [1.165, 1.54) is 29.2 Å². The standard InChI is InChI=1S/C29H32Cl2FN3O4/c1-28(11-12-28)26(37)35-13-9-18(10-14-35)25(36)29(34(2)27(38)39-21-6-4-20(32)5-7-21)17-33-16-22(29)19-3-8-23(30)24(31)15-19/h3-8,15,18,22,33H,9-14,16-17H2,1-2H3/t22-,29+/m1/s1. The number of rotatable bonds is 6. The van der Waals surface area contributed by atoms with E-state index in [2.05, 4.69) is 5.32 Å². The number of likely N-dealkylation sites (N-methyl/N-ethyl adjacent to an activating group) is 1. The molecule has 3 fully saturated rings. The first-order chi connectivity index (χ1) is 18.5. The van der Waals surface area contributed by atoms with Crippen LogP contribution in [0, 0.1) is 17.2 Å². The average Bonchev–Trinajstić information content (AvgIpc) is 3.53. The molecule has 2 atom stereocenters. The highest BCUT2D eigenvalue weighted by atomic mass is 35.5. The summed E-state index contributed by atoms with van der Waals surface area (Å²) >= 11 is 12.5. The Kier molecular flexibility index (Phi) is 7.65. The van der Waals surface area contributed by atoms with E-state index in [-0.39, 0.29) is 35.3 Å². The molecule has 0 bridgehead atoms. The molecule has 2 aromatic rings. The first-order valence-corrected chi connectivity index (χ1v) is 14.0. The Morgan fingerprint density at radius 1 is 1.05 bits per heavy atom. The third-order valence-corrected chi connectivity index (χ3v) is 9.39. The van der Waals surface area contributed by atoms with Crippen molar-refractivity contribution in [2.75, 3.05) is 33.2 Å². The molecular weight excluding hydrogens is 544 g/mol. The molecule has 0 spiro atoms. The number of carbonyl (C=O) groups is 3. The predicted molar refractivity (Wildman–Crippen MR) is 147 cm³/mol. The average molecular weight is 576 g/mol. The van der Waals surface area contributed by atoms with Gasteiger partial charge in [0.2, 0.25) is 5.91 Å². The number of piperidine rings is 1.